The van der Waals surface area contributed by atoms with Crippen molar-refractivity contribution in [2.75, 3.05) is 26.0 Å². The molecule has 0 radical (unpaired) electrons. The molecule has 1 aromatic heterocycles. The van der Waals surface area contributed by atoms with Gasteiger partial charge in [-0.1, -0.05) is 24.3 Å². The lowest BCUT2D eigenvalue weighted by molar-refractivity contribution is -0.116. The van der Waals surface area contributed by atoms with E-state index < -0.39 is 15.9 Å². The molecule has 0 saturated carbocycles. The second-order valence-corrected chi connectivity index (χ2v) is 8.36. The minimum absolute atomic E-state index is 0.0639. The van der Waals surface area contributed by atoms with Crippen LogP contribution < -0.4 is 10.1 Å². The fraction of sp³-hybridized carbons (Fsp3) is 0.200. The summed E-state index contributed by atoms with van der Waals surface area (Å²) < 4.78 is 32.2. The Balaban J connectivity index is 1.83. The second-order valence-electron chi connectivity index (χ2n) is 6.34. The number of ether oxygens (including phenoxy) is 1. The predicted octanol–water partition coefficient (Wildman–Crippen LogP) is 2.81. The summed E-state index contributed by atoms with van der Waals surface area (Å²) in [5, 5.41) is 3.42. The highest BCUT2D eigenvalue weighted by Gasteiger charge is 2.25. The molecule has 28 heavy (non-hydrogen) atoms. The zero-order valence-corrected chi connectivity index (χ0v) is 16.7. The van der Waals surface area contributed by atoms with Crippen molar-refractivity contribution < 1.29 is 17.9 Å². The fourth-order valence-corrected chi connectivity index (χ4v) is 4.14. The number of amides is 1. The molecule has 0 unspecified atom stereocenters. The van der Waals surface area contributed by atoms with Crippen LogP contribution in [0, 0.1) is 6.92 Å². The van der Waals surface area contributed by atoms with Gasteiger partial charge in [0.15, 0.2) is 0 Å². The van der Waals surface area contributed by atoms with Crippen LogP contribution in [0.25, 0.3) is 10.9 Å². The summed E-state index contributed by atoms with van der Waals surface area (Å²) in [6.07, 6.45) is 1.54. The lowest BCUT2D eigenvalue weighted by Gasteiger charge is -2.18. The van der Waals surface area contributed by atoms with Crippen LogP contribution in [0.1, 0.15) is 5.56 Å². The molecule has 1 amide bonds. The molecular formula is C20H21N3O4S. The molecule has 1 heterocycles. The maximum Gasteiger partial charge on any atom is 0.245 e. The summed E-state index contributed by atoms with van der Waals surface area (Å²) in [6.45, 7) is 1.54. The van der Waals surface area contributed by atoms with Crippen LogP contribution in [0.5, 0.6) is 5.75 Å². The van der Waals surface area contributed by atoms with Crippen LogP contribution >= 0.6 is 0 Å². The van der Waals surface area contributed by atoms with Crippen molar-refractivity contribution in [3.05, 3.63) is 60.3 Å². The number of sulfonamides is 1. The van der Waals surface area contributed by atoms with Gasteiger partial charge in [-0.2, -0.15) is 4.31 Å². The molecule has 0 aliphatic rings. The van der Waals surface area contributed by atoms with Gasteiger partial charge in [0, 0.05) is 18.6 Å². The molecule has 7 nitrogen and oxygen atoms in total. The molecule has 0 aliphatic heterocycles. The maximum atomic E-state index is 13.0. The number of hydrogen-bond acceptors (Lipinski definition) is 5. The maximum absolute atomic E-state index is 13.0. The van der Waals surface area contributed by atoms with E-state index in [0.717, 1.165) is 9.87 Å². The van der Waals surface area contributed by atoms with Crippen LogP contribution in [0.3, 0.4) is 0 Å². The average Bonchev–Trinajstić information content (AvgIpc) is 2.67. The largest absolute Gasteiger partial charge is 0.495 e. The highest BCUT2D eigenvalue weighted by atomic mass is 32.2. The molecule has 0 aliphatic carbocycles. The Morgan fingerprint density at radius 1 is 1.18 bits per heavy atom. The molecule has 3 aromatic rings. The number of carbonyl (C=O) groups is 1. The number of para-hydroxylation sites is 1. The van der Waals surface area contributed by atoms with E-state index in [4.69, 9.17) is 4.74 Å². The van der Waals surface area contributed by atoms with Gasteiger partial charge >= 0.3 is 0 Å². The Labute approximate surface area is 164 Å². The molecular weight excluding hydrogens is 378 g/mol. The van der Waals surface area contributed by atoms with Gasteiger partial charge in [-0.15, -0.1) is 0 Å². The number of rotatable bonds is 6. The van der Waals surface area contributed by atoms with Gasteiger partial charge in [0.25, 0.3) is 0 Å². The van der Waals surface area contributed by atoms with Crippen molar-refractivity contribution in [2.24, 2.45) is 0 Å². The van der Waals surface area contributed by atoms with E-state index in [1.807, 2.05) is 13.0 Å². The topological polar surface area (TPSA) is 88.6 Å². The fourth-order valence-electron chi connectivity index (χ4n) is 2.85. The van der Waals surface area contributed by atoms with Gasteiger partial charge in [0.05, 0.1) is 24.9 Å². The lowest BCUT2D eigenvalue weighted by atomic mass is 10.2. The Morgan fingerprint density at radius 2 is 1.93 bits per heavy atom. The third-order valence-electron chi connectivity index (χ3n) is 4.28. The summed E-state index contributed by atoms with van der Waals surface area (Å²) in [4.78, 5) is 16.7. The van der Waals surface area contributed by atoms with Crippen molar-refractivity contribution in [3.8, 4) is 5.75 Å². The first-order chi connectivity index (χ1) is 13.3. The van der Waals surface area contributed by atoms with Crippen LogP contribution in [-0.4, -0.2) is 44.3 Å². The minimum Gasteiger partial charge on any atom is -0.495 e. The van der Waals surface area contributed by atoms with Crippen LogP contribution in [0.2, 0.25) is 0 Å². The summed E-state index contributed by atoms with van der Waals surface area (Å²) in [6, 6.07) is 13.8. The first kappa shape index (κ1) is 19.8. The third kappa shape index (κ3) is 3.97. The Morgan fingerprint density at radius 3 is 2.68 bits per heavy atom. The Hall–Kier alpha value is -2.97. The molecule has 8 heteroatoms. The molecule has 1 N–H and O–H groups in total. The highest BCUT2D eigenvalue weighted by molar-refractivity contribution is 7.89. The summed E-state index contributed by atoms with van der Waals surface area (Å²) in [5.41, 5.74) is 1.81. The zero-order valence-electron chi connectivity index (χ0n) is 15.8. The molecule has 3 rings (SSSR count). The lowest BCUT2D eigenvalue weighted by Crippen LogP contribution is -2.35. The quantitative estimate of drug-likeness (QED) is 0.689. The molecule has 146 valence electrons. The van der Waals surface area contributed by atoms with Crippen LogP contribution in [0.4, 0.5) is 5.69 Å². The van der Waals surface area contributed by atoms with E-state index in [0.29, 0.717) is 22.3 Å². The number of anilines is 1. The second kappa shape index (κ2) is 7.95. The molecule has 0 spiro atoms. The van der Waals surface area contributed by atoms with E-state index >= 15 is 0 Å². The number of nitrogens with zero attached hydrogens (tertiary/aromatic N) is 2. The van der Waals surface area contributed by atoms with Gasteiger partial charge in [0.1, 0.15) is 10.6 Å². The summed E-state index contributed by atoms with van der Waals surface area (Å²) in [7, 11) is -1.03. The number of methoxy groups -OCH3 is 1. The van der Waals surface area contributed by atoms with E-state index in [2.05, 4.69) is 10.3 Å². The van der Waals surface area contributed by atoms with Crippen molar-refractivity contribution >= 4 is 32.5 Å². The average molecular weight is 399 g/mol. The van der Waals surface area contributed by atoms with Gasteiger partial charge in [-0.05, 0) is 36.8 Å². The monoisotopic (exact) mass is 399 g/mol. The zero-order chi connectivity index (χ0) is 20.3. The number of aryl methyl sites for hydroxylation is 1. The summed E-state index contributed by atoms with van der Waals surface area (Å²) in [5.74, 6) is 0.0332. The van der Waals surface area contributed by atoms with Gasteiger partial charge in [-0.3, -0.25) is 9.78 Å². The number of hydrogen-bond donors (Lipinski definition) is 1. The first-order valence-corrected chi connectivity index (χ1v) is 10.0. The minimum atomic E-state index is -3.90. The Bertz CT molecular complexity index is 1120. The van der Waals surface area contributed by atoms with Crippen LogP contribution in [-0.2, 0) is 14.8 Å². The van der Waals surface area contributed by atoms with Gasteiger partial charge in [0.2, 0.25) is 15.9 Å². The normalized spacial score (nSPS) is 11.6. The Kier molecular flexibility index (Phi) is 5.62. The highest BCUT2D eigenvalue weighted by Crippen LogP contribution is 2.26. The third-order valence-corrected chi connectivity index (χ3v) is 6.11. The van der Waals surface area contributed by atoms with E-state index in [-0.39, 0.29) is 11.4 Å². The molecule has 0 bridgehead atoms. The van der Waals surface area contributed by atoms with E-state index in [1.165, 1.54) is 26.4 Å². The number of aromatic nitrogens is 1. The first-order valence-electron chi connectivity index (χ1n) is 8.57. The van der Waals surface area contributed by atoms with Gasteiger partial charge in [-0.25, -0.2) is 8.42 Å². The molecule has 2 aromatic carbocycles. The number of fused-ring (bicyclic) bond motifs is 1. The van der Waals surface area contributed by atoms with Crippen molar-refractivity contribution in [2.45, 2.75) is 11.8 Å². The predicted molar refractivity (Wildman–Crippen MR) is 108 cm³/mol. The van der Waals surface area contributed by atoms with Gasteiger partial charge < -0.3 is 10.1 Å². The van der Waals surface area contributed by atoms with E-state index in [1.54, 1.807) is 36.4 Å². The van der Waals surface area contributed by atoms with E-state index in [9.17, 15) is 13.2 Å². The number of nitrogens with one attached hydrogen (secondary N) is 1. The SMILES string of the molecule is COc1ccc(C)cc1NC(=O)CN(C)S(=O)(=O)c1cccc2cccnc12. The van der Waals surface area contributed by atoms with Crippen molar-refractivity contribution in [1.29, 1.82) is 0 Å². The number of benzene rings is 2. The molecule has 0 atom stereocenters. The van der Waals surface area contributed by atoms with Crippen molar-refractivity contribution in [1.82, 2.24) is 9.29 Å². The van der Waals surface area contributed by atoms with Crippen molar-refractivity contribution in [3.63, 3.8) is 0 Å². The standard InChI is InChI=1S/C20H21N3O4S/c1-14-9-10-17(27-3)16(12-14)22-19(24)13-23(2)28(25,26)18-8-4-6-15-7-5-11-21-20(15)18/h4-12H,13H2,1-3H3,(H,22,24). The number of pyridine rings is 1. The molecule has 0 fully saturated rings. The van der Waals surface area contributed by atoms with Crippen LogP contribution in [0.15, 0.2) is 59.6 Å². The molecule has 0 saturated heterocycles. The summed E-state index contributed by atoms with van der Waals surface area (Å²) >= 11 is 0. The number of carbonyl (C=O) groups excluding carboxylic acids is 1. The number of likely N-dealkylation sites (N-methyl/N-ethyl adjacent to an activating group) is 1. The smallest absolute Gasteiger partial charge is 0.245 e.